The summed E-state index contributed by atoms with van der Waals surface area (Å²) in [5, 5.41) is 0. The fourth-order valence-corrected chi connectivity index (χ4v) is 2.09. The first-order valence-corrected chi connectivity index (χ1v) is 7.00. The zero-order chi connectivity index (χ0) is 16.1. The molecule has 1 heterocycles. The third kappa shape index (κ3) is 3.47. The first-order valence-electron chi connectivity index (χ1n) is 7.00. The van der Waals surface area contributed by atoms with Gasteiger partial charge in [-0.2, -0.15) is 0 Å². The first kappa shape index (κ1) is 14.6. The number of cyclic esters (lactones) is 1. The molecule has 0 amide bonds. The minimum Gasteiger partial charge on any atom is -0.481 e. The van der Waals surface area contributed by atoms with Crippen molar-refractivity contribution in [3.05, 3.63) is 71.4 Å². The number of carbonyl (C=O) groups is 1. The van der Waals surface area contributed by atoms with E-state index in [1.54, 1.807) is 18.2 Å². The maximum absolute atomic E-state index is 12.0. The van der Waals surface area contributed by atoms with Gasteiger partial charge in [0.1, 0.15) is 12.4 Å². The van der Waals surface area contributed by atoms with Crippen LogP contribution in [0.1, 0.15) is 11.1 Å². The lowest BCUT2D eigenvalue weighted by Gasteiger charge is -2.02. The zero-order valence-electron chi connectivity index (χ0n) is 12.2. The van der Waals surface area contributed by atoms with E-state index in [9.17, 15) is 4.79 Å². The van der Waals surface area contributed by atoms with Gasteiger partial charge in [-0.15, -0.1) is 6.42 Å². The molecule has 0 atom stereocenters. The third-order valence-corrected chi connectivity index (χ3v) is 3.12. The van der Waals surface area contributed by atoms with Crippen LogP contribution in [0.25, 0.3) is 6.08 Å². The van der Waals surface area contributed by atoms with Crippen molar-refractivity contribution >= 4 is 17.9 Å². The second-order valence-electron chi connectivity index (χ2n) is 4.77. The van der Waals surface area contributed by atoms with Crippen LogP contribution < -0.4 is 4.74 Å². The molecule has 0 aromatic heterocycles. The van der Waals surface area contributed by atoms with Crippen molar-refractivity contribution in [2.75, 3.05) is 6.61 Å². The zero-order valence-corrected chi connectivity index (χ0v) is 12.2. The van der Waals surface area contributed by atoms with Crippen LogP contribution in [0.5, 0.6) is 5.75 Å². The molecule has 0 saturated heterocycles. The van der Waals surface area contributed by atoms with E-state index < -0.39 is 5.97 Å². The summed E-state index contributed by atoms with van der Waals surface area (Å²) in [5.41, 5.74) is 1.79. The molecule has 0 fully saturated rings. The third-order valence-electron chi connectivity index (χ3n) is 3.12. The molecule has 2 aromatic carbocycles. The number of hydrogen-bond acceptors (Lipinski definition) is 4. The van der Waals surface area contributed by atoms with Crippen LogP contribution in [-0.4, -0.2) is 18.5 Å². The van der Waals surface area contributed by atoms with Crippen molar-refractivity contribution < 1.29 is 14.3 Å². The van der Waals surface area contributed by atoms with Gasteiger partial charge in [0.05, 0.1) is 0 Å². The molecule has 0 unspecified atom stereocenters. The van der Waals surface area contributed by atoms with Gasteiger partial charge in [-0.1, -0.05) is 36.3 Å². The maximum Gasteiger partial charge on any atom is 0.363 e. The van der Waals surface area contributed by atoms with Crippen LogP contribution in [0, 0.1) is 12.3 Å². The van der Waals surface area contributed by atoms with Gasteiger partial charge >= 0.3 is 5.97 Å². The minimum absolute atomic E-state index is 0.193. The van der Waals surface area contributed by atoms with E-state index >= 15 is 0 Å². The van der Waals surface area contributed by atoms with Gasteiger partial charge in [-0.25, -0.2) is 9.79 Å². The Morgan fingerprint density at radius 2 is 2.00 bits per heavy atom. The summed E-state index contributed by atoms with van der Waals surface area (Å²) in [5.74, 6) is 2.87. The van der Waals surface area contributed by atoms with E-state index in [1.807, 2.05) is 42.5 Å². The van der Waals surface area contributed by atoms with Crippen LogP contribution in [0.15, 0.2) is 65.3 Å². The molecule has 0 saturated carbocycles. The smallest absolute Gasteiger partial charge is 0.363 e. The average Bonchev–Trinajstić information content (AvgIpc) is 2.95. The van der Waals surface area contributed by atoms with Crippen molar-refractivity contribution in [1.82, 2.24) is 0 Å². The number of aliphatic imine (C=N–C) groups is 1. The molecule has 0 N–H and O–H groups in total. The lowest BCUT2D eigenvalue weighted by molar-refractivity contribution is -0.129. The van der Waals surface area contributed by atoms with Crippen molar-refractivity contribution in [2.45, 2.75) is 0 Å². The SMILES string of the molecule is C#CCOc1cccc(C=C2N=C(c3ccccc3)OC2=O)c1. The maximum atomic E-state index is 12.0. The molecule has 1 aliphatic heterocycles. The number of hydrogen-bond donors (Lipinski definition) is 0. The van der Waals surface area contributed by atoms with Crippen LogP contribution in [0.2, 0.25) is 0 Å². The number of ether oxygens (including phenoxy) is 2. The molecule has 4 heteroatoms. The molecule has 23 heavy (non-hydrogen) atoms. The van der Waals surface area contributed by atoms with Gasteiger partial charge < -0.3 is 9.47 Å². The van der Waals surface area contributed by atoms with E-state index in [4.69, 9.17) is 15.9 Å². The molecular weight excluding hydrogens is 290 g/mol. The summed E-state index contributed by atoms with van der Waals surface area (Å²) in [7, 11) is 0. The highest BCUT2D eigenvalue weighted by Gasteiger charge is 2.23. The molecule has 112 valence electrons. The Hall–Kier alpha value is -3.32. The van der Waals surface area contributed by atoms with Crippen LogP contribution >= 0.6 is 0 Å². The van der Waals surface area contributed by atoms with E-state index in [-0.39, 0.29) is 12.3 Å². The number of rotatable bonds is 4. The predicted octanol–water partition coefficient (Wildman–Crippen LogP) is 3.04. The van der Waals surface area contributed by atoms with Gasteiger partial charge in [0.15, 0.2) is 5.70 Å². The highest BCUT2D eigenvalue weighted by molar-refractivity contribution is 6.12. The number of esters is 1. The number of terminal acetylenes is 1. The largest absolute Gasteiger partial charge is 0.481 e. The van der Waals surface area contributed by atoms with Gasteiger partial charge in [0.2, 0.25) is 5.90 Å². The van der Waals surface area contributed by atoms with Crippen molar-refractivity contribution in [2.24, 2.45) is 4.99 Å². The summed E-state index contributed by atoms with van der Waals surface area (Å²) in [6.45, 7) is 0.193. The Labute approximate surface area is 134 Å². The Morgan fingerprint density at radius 1 is 1.17 bits per heavy atom. The Balaban J connectivity index is 1.86. The molecule has 4 nitrogen and oxygen atoms in total. The Bertz CT molecular complexity index is 829. The van der Waals surface area contributed by atoms with Crippen LogP contribution in [-0.2, 0) is 9.53 Å². The second kappa shape index (κ2) is 6.63. The molecule has 3 rings (SSSR count). The van der Waals surface area contributed by atoms with Crippen molar-refractivity contribution in [3.63, 3.8) is 0 Å². The summed E-state index contributed by atoms with van der Waals surface area (Å²) < 4.78 is 10.6. The summed E-state index contributed by atoms with van der Waals surface area (Å²) in [6.07, 6.45) is 6.82. The lowest BCUT2D eigenvalue weighted by Crippen LogP contribution is -2.04. The van der Waals surface area contributed by atoms with Gasteiger partial charge in [0.25, 0.3) is 0 Å². The molecule has 0 aliphatic carbocycles. The molecule has 0 bridgehead atoms. The summed E-state index contributed by atoms with van der Waals surface area (Å²) >= 11 is 0. The number of carbonyl (C=O) groups excluding carboxylic acids is 1. The standard InChI is InChI=1S/C19H13NO3/c1-2-11-22-16-10-6-7-14(12-16)13-17-19(21)23-18(20-17)15-8-4-3-5-9-15/h1,3-10,12-13H,11H2. The van der Waals surface area contributed by atoms with E-state index in [1.165, 1.54) is 0 Å². The Kier molecular flexibility index (Phi) is 4.21. The van der Waals surface area contributed by atoms with E-state index in [2.05, 4.69) is 10.9 Å². The summed E-state index contributed by atoms with van der Waals surface area (Å²) in [6, 6.07) is 16.5. The quantitative estimate of drug-likeness (QED) is 0.495. The molecule has 2 aromatic rings. The van der Waals surface area contributed by atoms with Gasteiger partial charge in [0, 0.05) is 5.56 Å². The van der Waals surface area contributed by atoms with Crippen molar-refractivity contribution in [1.29, 1.82) is 0 Å². The fourth-order valence-electron chi connectivity index (χ4n) is 2.09. The fraction of sp³-hybridized carbons (Fsp3) is 0.0526. The minimum atomic E-state index is -0.473. The lowest BCUT2D eigenvalue weighted by atomic mass is 10.2. The normalized spacial score (nSPS) is 15.0. The highest BCUT2D eigenvalue weighted by Crippen LogP contribution is 2.21. The van der Waals surface area contributed by atoms with Crippen LogP contribution in [0.3, 0.4) is 0 Å². The summed E-state index contributed by atoms with van der Waals surface area (Å²) in [4.78, 5) is 16.2. The monoisotopic (exact) mass is 303 g/mol. The molecule has 0 spiro atoms. The molecule has 0 radical (unpaired) electrons. The van der Waals surface area contributed by atoms with Gasteiger partial charge in [-0.3, -0.25) is 0 Å². The average molecular weight is 303 g/mol. The highest BCUT2D eigenvalue weighted by atomic mass is 16.6. The molecule has 1 aliphatic rings. The Morgan fingerprint density at radius 3 is 2.78 bits per heavy atom. The van der Waals surface area contributed by atoms with Crippen LogP contribution in [0.4, 0.5) is 0 Å². The predicted molar refractivity (Wildman–Crippen MR) is 87.8 cm³/mol. The number of nitrogens with zero attached hydrogens (tertiary/aromatic N) is 1. The second-order valence-corrected chi connectivity index (χ2v) is 4.77. The van der Waals surface area contributed by atoms with Crippen molar-refractivity contribution in [3.8, 4) is 18.1 Å². The topological polar surface area (TPSA) is 47.9 Å². The van der Waals surface area contributed by atoms with E-state index in [0.29, 0.717) is 11.6 Å². The van der Waals surface area contributed by atoms with E-state index in [0.717, 1.165) is 11.1 Å². The number of benzene rings is 2. The molecular formula is C19H13NO3. The van der Waals surface area contributed by atoms with Gasteiger partial charge in [-0.05, 0) is 35.9 Å². The first-order chi connectivity index (χ1) is 11.3.